The molecule has 0 spiro atoms. The molecule has 0 bridgehead atoms. The molecule has 1 aliphatic carbocycles. The van der Waals surface area contributed by atoms with Gasteiger partial charge in [-0.1, -0.05) is 37.1 Å². The molecule has 124 valence electrons. The fourth-order valence-electron chi connectivity index (χ4n) is 3.52. The second kappa shape index (κ2) is 6.71. The van der Waals surface area contributed by atoms with Gasteiger partial charge in [0.25, 0.3) is 0 Å². The summed E-state index contributed by atoms with van der Waals surface area (Å²) in [6.07, 6.45) is 4.71. The van der Waals surface area contributed by atoms with Crippen LogP contribution in [0, 0.1) is 0 Å². The van der Waals surface area contributed by atoms with E-state index in [9.17, 15) is 9.59 Å². The summed E-state index contributed by atoms with van der Waals surface area (Å²) in [6.45, 7) is 1.92. The van der Waals surface area contributed by atoms with Crippen molar-refractivity contribution in [2.24, 2.45) is 5.73 Å². The first-order chi connectivity index (χ1) is 11.1. The smallest absolute Gasteiger partial charge is 0.240 e. The summed E-state index contributed by atoms with van der Waals surface area (Å²) in [5.74, 6) is 0.0924. The summed E-state index contributed by atoms with van der Waals surface area (Å²) in [5.41, 5.74) is 7.90. The average Bonchev–Trinajstić information content (AvgIpc) is 3.18. The summed E-state index contributed by atoms with van der Waals surface area (Å²) in [7, 11) is 0. The molecule has 5 nitrogen and oxygen atoms in total. The molecule has 1 aromatic carbocycles. The van der Waals surface area contributed by atoms with Crippen LogP contribution in [0.3, 0.4) is 0 Å². The molecule has 0 unspecified atom stereocenters. The van der Waals surface area contributed by atoms with E-state index in [4.69, 9.17) is 5.73 Å². The Morgan fingerprint density at radius 3 is 2.35 bits per heavy atom. The van der Waals surface area contributed by atoms with Crippen LogP contribution in [0.25, 0.3) is 0 Å². The van der Waals surface area contributed by atoms with E-state index >= 15 is 0 Å². The molecule has 23 heavy (non-hydrogen) atoms. The molecule has 3 rings (SSSR count). The van der Waals surface area contributed by atoms with Gasteiger partial charge in [-0.2, -0.15) is 0 Å². The van der Waals surface area contributed by atoms with E-state index in [1.165, 1.54) is 11.1 Å². The monoisotopic (exact) mass is 315 g/mol. The number of nitrogens with one attached hydrogen (secondary N) is 1. The van der Waals surface area contributed by atoms with Crippen molar-refractivity contribution in [3.63, 3.8) is 0 Å². The topological polar surface area (TPSA) is 75.4 Å². The Bertz CT molecular complexity index is 569. The number of hydrogen-bond donors (Lipinski definition) is 2. The quantitative estimate of drug-likeness (QED) is 0.812. The lowest BCUT2D eigenvalue weighted by Crippen LogP contribution is -2.52. The first-order valence-corrected chi connectivity index (χ1v) is 8.50. The largest absolute Gasteiger partial charge is 0.354 e. The van der Waals surface area contributed by atoms with Crippen molar-refractivity contribution in [3.05, 3.63) is 35.4 Å². The first-order valence-electron chi connectivity index (χ1n) is 8.50. The molecule has 2 aliphatic rings. The van der Waals surface area contributed by atoms with Gasteiger partial charge in [0, 0.05) is 26.1 Å². The zero-order valence-corrected chi connectivity index (χ0v) is 13.5. The maximum atomic E-state index is 12.3. The molecule has 1 aromatic rings. The highest BCUT2D eigenvalue weighted by molar-refractivity contribution is 5.86. The van der Waals surface area contributed by atoms with Crippen LogP contribution in [0.1, 0.15) is 49.7 Å². The maximum Gasteiger partial charge on any atom is 0.240 e. The predicted octanol–water partition coefficient (Wildman–Crippen LogP) is 1.70. The van der Waals surface area contributed by atoms with E-state index in [2.05, 4.69) is 17.4 Å². The molecule has 1 fully saturated rings. The molecular weight excluding hydrogens is 290 g/mol. The fraction of sp³-hybridized carbons (Fsp3) is 0.556. The number of carbonyl (C=O) groups is 2. The van der Waals surface area contributed by atoms with E-state index in [0.717, 1.165) is 25.7 Å². The molecule has 3 N–H and O–H groups in total. The number of carbonyl (C=O) groups excluding carboxylic acids is 2. The van der Waals surface area contributed by atoms with Gasteiger partial charge in [0.15, 0.2) is 0 Å². The van der Waals surface area contributed by atoms with Gasteiger partial charge in [-0.05, 0) is 30.4 Å². The van der Waals surface area contributed by atoms with Gasteiger partial charge in [0.1, 0.15) is 0 Å². The van der Waals surface area contributed by atoms with Crippen LogP contribution in [0.4, 0.5) is 0 Å². The summed E-state index contributed by atoms with van der Waals surface area (Å²) in [5, 5.41) is 2.89. The standard InChI is InChI=1S/C18H25N3O2/c19-18(9-3-4-10-18)17(23)20-11-5-8-16(22)21-12-14-6-1-2-7-15(14)13-21/h1-2,6-7H,3-5,8-13,19H2,(H,20,23). The van der Waals surface area contributed by atoms with Gasteiger partial charge in [0.2, 0.25) is 11.8 Å². The number of hydrogen-bond acceptors (Lipinski definition) is 3. The minimum Gasteiger partial charge on any atom is -0.354 e. The maximum absolute atomic E-state index is 12.3. The van der Waals surface area contributed by atoms with E-state index < -0.39 is 5.54 Å². The van der Waals surface area contributed by atoms with Gasteiger partial charge < -0.3 is 16.0 Å². The van der Waals surface area contributed by atoms with E-state index in [-0.39, 0.29) is 11.8 Å². The number of amides is 2. The van der Waals surface area contributed by atoms with Gasteiger partial charge in [-0.15, -0.1) is 0 Å². The Labute approximate surface area is 137 Å². The third-order valence-corrected chi connectivity index (χ3v) is 4.99. The minimum atomic E-state index is -0.680. The molecule has 1 saturated carbocycles. The van der Waals surface area contributed by atoms with Crippen molar-refractivity contribution >= 4 is 11.8 Å². The number of rotatable bonds is 5. The van der Waals surface area contributed by atoms with Crippen LogP contribution in [0.2, 0.25) is 0 Å². The molecule has 1 heterocycles. The lowest BCUT2D eigenvalue weighted by molar-refractivity contribution is -0.132. The van der Waals surface area contributed by atoms with E-state index in [1.54, 1.807) is 0 Å². The van der Waals surface area contributed by atoms with Crippen molar-refractivity contribution < 1.29 is 9.59 Å². The van der Waals surface area contributed by atoms with Crippen molar-refractivity contribution in [1.82, 2.24) is 10.2 Å². The number of benzene rings is 1. The Hall–Kier alpha value is -1.88. The number of fused-ring (bicyclic) bond motifs is 1. The van der Waals surface area contributed by atoms with Crippen LogP contribution in [0.15, 0.2) is 24.3 Å². The van der Waals surface area contributed by atoms with Gasteiger partial charge >= 0.3 is 0 Å². The highest BCUT2D eigenvalue weighted by Gasteiger charge is 2.36. The summed E-state index contributed by atoms with van der Waals surface area (Å²) < 4.78 is 0. The Morgan fingerprint density at radius 2 is 1.74 bits per heavy atom. The van der Waals surface area contributed by atoms with Crippen LogP contribution in [0.5, 0.6) is 0 Å². The lowest BCUT2D eigenvalue weighted by Gasteiger charge is -2.22. The van der Waals surface area contributed by atoms with E-state index in [1.807, 2.05) is 17.0 Å². The van der Waals surface area contributed by atoms with Crippen molar-refractivity contribution in [1.29, 1.82) is 0 Å². The third-order valence-electron chi connectivity index (χ3n) is 4.99. The van der Waals surface area contributed by atoms with Crippen LogP contribution < -0.4 is 11.1 Å². The van der Waals surface area contributed by atoms with Crippen LogP contribution in [-0.2, 0) is 22.7 Å². The highest BCUT2D eigenvalue weighted by atomic mass is 16.2. The van der Waals surface area contributed by atoms with Crippen molar-refractivity contribution in [3.8, 4) is 0 Å². The molecule has 2 amide bonds. The SMILES string of the molecule is NC1(C(=O)NCCCC(=O)N2Cc3ccccc3C2)CCCC1. The highest BCUT2D eigenvalue weighted by Crippen LogP contribution is 2.27. The van der Waals surface area contributed by atoms with Gasteiger partial charge in [0.05, 0.1) is 5.54 Å². The van der Waals surface area contributed by atoms with Crippen LogP contribution >= 0.6 is 0 Å². The van der Waals surface area contributed by atoms with Gasteiger partial charge in [-0.3, -0.25) is 9.59 Å². The molecule has 0 aromatic heterocycles. The second-order valence-electron chi connectivity index (χ2n) is 6.74. The Balaban J connectivity index is 1.38. The predicted molar refractivity (Wildman–Crippen MR) is 88.3 cm³/mol. The van der Waals surface area contributed by atoms with Gasteiger partial charge in [-0.25, -0.2) is 0 Å². The van der Waals surface area contributed by atoms with Crippen molar-refractivity contribution in [2.75, 3.05) is 6.54 Å². The molecular formula is C18H25N3O2. The zero-order valence-electron chi connectivity index (χ0n) is 13.5. The fourth-order valence-corrected chi connectivity index (χ4v) is 3.52. The Morgan fingerprint density at radius 1 is 1.13 bits per heavy atom. The minimum absolute atomic E-state index is 0.0592. The van der Waals surface area contributed by atoms with E-state index in [0.29, 0.717) is 32.5 Å². The normalized spacial score (nSPS) is 18.7. The summed E-state index contributed by atoms with van der Waals surface area (Å²) >= 11 is 0. The molecule has 0 saturated heterocycles. The third kappa shape index (κ3) is 3.55. The van der Waals surface area contributed by atoms with Crippen LogP contribution in [-0.4, -0.2) is 28.8 Å². The molecule has 5 heteroatoms. The lowest BCUT2D eigenvalue weighted by atomic mass is 9.98. The number of nitrogens with zero attached hydrogens (tertiary/aromatic N) is 1. The second-order valence-corrected chi connectivity index (χ2v) is 6.74. The summed E-state index contributed by atoms with van der Waals surface area (Å²) in [4.78, 5) is 26.2. The zero-order chi connectivity index (χ0) is 16.3. The summed E-state index contributed by atoms with van der Waals surface area (Å²) in [6, 6.07) is 8.16. The Kier molecular flexibility index (Phi) is 4.66. The first kappa shape index (κ1) is 16.0. The molecule has 1 aliphatic heterocycles. The van der Waals surface area contributed by atoms with Crippen molar-refractivity contribution in [2.45, 2.75) is 57.2 Å². The average molecular weight is 315 g/mol. The number of nitrogens with two attached hydrogens (primary N) is 1. The molecule has 0 atom stereocenters. The molecule has 0 radical (unpaired) electrons.